The summed E-state index contributed by atoms with van der Waals surface area (Å²) in [6, 6.07) is -0.752. The molecule has 2 aliphatic heterocycles. The zero-order valence-corrected chi connectivity index (χ0v) is 12.4. The summed E-state index contributed by atoms with van der Waals surface area (Å²) in [4.78, 5) is 48.4. The second kappa shape index (κ2) is 6.63. The monoisotopic (exact) mass is 312 g/mol. The number of nitrogens with one attached hydrogen (secondary N) is 2. The first kappa shape index (κ1) is 16.1. The maximum atomic E-state index is 12.0. The molecule has 2 saturated heterocycles. The Morgan fingerprint density at radius 2 is 2.14 bits per heavy atom. The van der Waals surface area contributed by atoms with E-state index in [0.717, 1.165) is 4.90 Å². The molecule has 0 aromatic heterocycles. The summed E-state index contributed by atoms with van der Waals surface area (Å²) in [7, 11) is 0. The summed E-state index contributed by atoms with van der Waals surface area (Å²) in [5.41, 5.74) is 0. The van der Waals surface area contributed by atoms with Crippen molar-refractivity contribution in [1.82, 2.24) is 20.4 Å². The first-order chi connectivity index (χ1) is 10.4. The summed E-state index contributed by atoms with van der Waals surface area (Å²) >= 11 is 0. The van der Waals surface area contributed by atoms with Crippen LogP contribution < -0.4 is 10.6 Å². The molecule has 0 aromatic rings. The maximum Gasteiger partial charge on any atom is 0.324 e. The fourth-order valence-corrected chi connectivity index (χ4v) is 2.76. The van der Waals surface area contributed by atoms with Gasteiger partial charge in [0.2, 0.25) is 5.91 Å². The Balaban J connectivity index is 1.75. The largest absolute Gasteiger partial charge is 0.481 e. The molecule has 2 fully saturated rings. The van der Waals surface area contributed by atoms with Gasteiger partial charge in [-0.05, 0) is 12.3 Å². The molecule has 9 nitrogen and oxygen atoms in total. The molecule has 0 spiro atoms. The quantitative estimate of drug-likeness (QED) is 0.593. The lowest BCUT2D eigenvalue weighted by Crippen LogP contribution is -2.50. The number of likely N-dealkylation sites (tertiary alicyclic amines) is 1. The molecule has 2 heterocycles. The highest BCUT2D eigenvalue weighted by molar-refractivity contribution is 6.01. The van der Waals surface area contributed by atoms with Crippen LogP contribution in [0.4, 0.5) is 9.59 Å². The predicted octanol–water partition coefficient (Wildman–Crippen LogP) is -0.710. The van der Waals surface area contributed by atoms with Crippen molar-refractivity contribution in [2.75, 3.05) is 32.7 Å². The van der Waals surface area contributed by atoms with Crippen LogP contribution in [0.25, 0.3) is 0 Å². The number of rotatable bonds is 4. The summed E-state index contributed by atoms with van der Waals surface area (Å²) < 4.78 is 0. The van der Waals surface area contributed by atoms with Gasteiger partial charge in [0.15, 0.2) is 0 Å². The summed E-state index contributed by atoms with van der Waals surface area (Å²) in [6.45, 7) is 2.86. The van der Waals surface area contributed by atoms with Gasteiger partial charge >= 0.3 is 18.0 Å². The van der Waals surface area contributed by atoms with E-state index in [0.29, 0.717) is 19.5 Å². The third-order valence-corrected chi connectivity index (χ3v) is 4.06. The average molecular weight is 312 g/mol. The van der Waals surface area contributed by atoms with E-state index >= 15 is 0 Å². The summed E-state index contributed by atoms with van der Waals surface area (Å²) in [5, 5.41) is 14.1. The summed E-state index contributed by atoms with van der Waals surface area (Å²) in [6.07, 6.45) is 0.428. The van der Waals surface area contributed by atoms with Crippen LogP contribution in [0.5, 0.6) is 0 Å². The number of carboxylic acids is 1. The van der Waals surface area contributed by atoms with Gasteiger partial charge in [-0.3, -0.25) is 14.5 Å². The van der Waals surface area contributed by atoms with Crippen LogP contribution in [0, 0.1) is 11.8 Å². The SMILES string of the molecule is CC1CN(C(=O)NCCN2C(=O)CNC2=O)CCC1C(=O)O. The van der Waals surface area contributed by atoms with Crippen molar-refractivity contribution in [1.29, 1.82) is 0 Å². The predicted molar refractivity (Wildman–Crippen MR) is 75.0 cm³/mol. The number of hydrogen-bond acceptors (Lipinski definition) is 4. The highest BCUT2D eigenvalue weighted by Gasteiger charge is 2.33. The molecule has 122 valence electrons. The number of nitrogens with zero attached hydrogens (tertiary/aromatic N) is 2. The van der Waals surface area contributed by atoms with Gasteiger partial charge < -0.3 is 20.6 Å². The van der Waals surface area contributed by atoms with Crippen LogP contribution in [-0.2, 0) is 9.59 Å². The fourth-order valence-electron chi connectivity index (χ4n) is 2.76. The number of carboxylic acid groups (broad SMARTS) is 1. The first-order valence-electron chi connectivity index (χ1n) is 7.24. The molecule has 2 rings (SSSR count). The Morgan fingerprint density at radius 3 is 2.68 bits per heavy atom. The molecule has 2 atom stereocenters. The van der Waals surface area contributed by atoms with Crippen LogP contribution in [0.1, 0.15) is 13.3 Å². The highest BCUT2D eigenvalue weighted by atomic mass is 16.4. The normalized spacial score (nSPS) is 25.1. The van der Waals surface area contributed by atoms with E-state index in [-0.39, 0.29) is 37.5 Å². The zero-order chi connectivity index (χ0) is 16.3. The van der Waals surface area contributed by atoms with Crippen LogP contribution in [0.3, 0.4) is 0 Å². The van der Waals surface area contributed by atoms with Crippen LogP contribution in [-0.4, -0.2) is 71.6 Å². The lowest BCUT2D eigenvalue weighted by atomic mass is 9.87. The van der Waals surface area contributed by atoms with Gasteiger partial charge in [0, 0.05) is 26.2 Å². The minimum Gasteiger partial charge on any atom is -0.481 e. The van der Waals surface area contributed by atoms with E-state index in [2.05, 4.69) is 10.6 Å². The number of urea groups is 2. The van der Waals surface area contributed by atoms with E-state index in [1.807, 2.05) is 6.92 Å². The Kier molecular flexibility index (Phi) is 4.84. The molecule has 0 bridgehead atoms. The number of aliphatic carboxylic acids is 1. The van der Waals surface area contributed by atoms with Gasteiger partial charge in [0.25, 0.3) is 0 Å². The molecule has 9 heteroatoms. The maximum absolute atomic E-state index is 12.0. The van der Waals surface area contributed by atoms with Crippen molar-refractivity contribution in [3.8, 4) is 0 Å². The van der Waals surface area contributed by atoms with E-state index in [1.54, 1.807) is 4.90 Å². The van der Waals surface area contributed by atoms with Crippen molar-refractivity contribution >= 4 is 23.9 Å². The van der Waals surface area contributed by atoms with Gasteiger partial charge in [-0.15, -0.1) is 0 Å². The molecule has 2 aliphatic rings. The number of carbonyl (C=O) groups is 4. The molecule has 5 amide bonds. The second-order valence-electron chi connectivity index (χ2n) is 5.59. The van der Waals surface area contributed by atoms with Crippen LogP contribution in [0.15, 0.2) is 0 Å². The van der Waals surface area contributed by atoms with E-state index in [1.165, 1.54) is 0 Å². The van der Waals surface area contributed by atoms with Crippen molar-refractivity contribution < 1.29 is 24.3 Å². The highest BCUT2D eigenvalue weighted by Crippen LogP contribution is 2.23. The molecule has 0 radical (unpaired) electrons. The topological polar surface area (TPSA) is 119 Å². The Hall–Kier alpha value is -2.32. The molecule has 22 heavy (non-hydrogen) atoms. The molecule has 0 aromatic carbocycles. The Bertz CT molecular complexity index is 479. The van der Waals surface area contributed by atoms with Crippen LogP contribution in [0.2, 0.25) is 0 Å². The number of carbonyl (C=O) groups excluding carboxylic acids is 3. The van der Waals surface area contributed by atoms with Gasteiger partial charge in [0.1, 0.15) is 0 Å². The van der Waals surface area contributed by atoms with E-state index in [9.17, 15) is 19.2 Å². The zero-order valence-electron chi connectivity index (χ0n) is 12.4. The molecule has 0 aliphatic carbocycles. The van der Waals surface area contributed by atoms with Gasteiger partial charge in [0.05, 0.1) is 12.5 Å². The molecule has 3 N–H and O–H groups in total. The third-order valence-electron chi connectivity index (χ3n) is 4.06. The molecular formula is C13H20N4O5. The summed E-state index contributed by atoms with van der Waals surface area (Å²) in [5.74, 6) is -1.67. The van der Waals surface area contributed by atoms with Crippen molar-refractivity contribution in [2.45, 2.75) is 13.3 Å². The van der Waals surface area contributed by atoms with Crippen molar-refractivity contribution in [2.24, 2.45) is 11.8 Å². The standard InChI is InChI=1S/C13H20N4O5/c1-8-7-16(4-2-9(8)11(19)20)12(21)14-3-5-17-10(18)6-15-13(17)22/h8-9H,2-7H2,1H3,(H,14,21)(H,15,22)(H,19,20). The fraction of sp³-hybridized carbons (Fsp3) is 0.692. The lowest BCUT2D eigenvalue weighted by molar-refractivity contribution is -0.145. The number of imide groups is 1. The van der Waals surface area contributed by atoms with E-state index in [4.69, 9.17) is 5.11 Å². The molecule has 0 saturated carbocycles. The smallest absolute Gasteiger partial charge is 0.324 e. The minimum absolute atomic E-state index is 0.00695. The first-order valence-corrected chi connectivity index (χ1v) is 7.24. The number of amides is 5. The van der Waals surface area contributed by atoms with Gasteiger partial charge in [-0.1, -0.05) is 6.92 Å². The van der Waals surface area contributed by atoms with Gasteiger partial charge in [-0.25, -0.2) is 9.59 Å². The Morgan fingerprint density at radius 1 is 1.41 bits per heavy atom. The number of piperidine rings is 1. The second-order valence-corrected chi connectivity index (χ2v) is 5.59. The Labute approximate surface area is 127 Å². The lowest BCUT2D eigenvalue weighted by Gasteiger charge is -2.34. The van der Waals surface area contributed by atoms with Crippen molar-refractivity contribution in [3.63, 3.8) is 0 Å². The molecular weight excluding hydrogens is 292 g/mol. The molecule has 2 unspecified atom stereocenters. The van der Waals surface area contributed by atoms with Gasteiger partial charge in [-0.2, -0.15) is 0 Å². The van der Waals surface area contributed by atoms with E-state index < -0.39 is 17.9 Å². The third kappa shape index (κ3) is 3.46. The van der Waals surface area contributed by atoms with Crippen LogP contribution >= 0.6 is 0 Å². The number of hydrogen-bond donors (Lipinski definition) is 3. The average Bonchev–Trinajstić information content (AvgIpc) is 2.78. The minimum atomic E-state index is -0.828. The van der Waals surface area contributed by atoms with Crippen molar-refractivity contribution in [3.05, 3.63) is 0 Å².